The first kappa shape index (κ1) is 9.04. The molecule has 10 heavy (non-hydrogen) atoms. The fraction of sp³-hybridized carbons (Fsp3) is 0.500. The predicted molar refractivity (Wildman–Crippen MR) is 30.4 cm³/mol. The third-order valence-corrected chi connectivity index (χ3v) is 1.35. The van der Waals surface area contributed by atoms with Gasteiger partial charge in [0.2, 0.25) is 5.78 Å². The Morgan fingerprint density at radius 2 is 1.80 bits per heavy atom. The molecule has 0 aliphatic rings. The lowest BCUT2D eigenvalue weighted by Gasteiger charge is -1.85. The van der Waals surface area contributed by atoms with Crippen molar-refractivity contribution in [2.75, 3.05) is 6.16 Å². The lowest BCUT2D eigenvalue weighted by atomic mass is 10.3. The molecule has 0 unspecified atom stereocenters. The van der Waals surface area contributed by atoms with E-state index in [-0.39, 0.29) is 6.16 Å². The molecule has 56 valence electrons. The largest absolute Gasteiger partial charge is 0.476 e. The van der Waals surface area contributed by atoms with Crippen molar-refractivity contribution in [1.29, 1.82) is 0 Å². The summed E-state index contributed by atoms with van der Waals surface area (Å²) in [6.45, 7) is 0. The van der Waals surface area contributed by atoms with E-state index in [1.807, 2.05) is 0 Å². The molecule has 0 aromatic carbocycles. The van der Waals surface area contributed by atoms with Crippen LogP contribution in [0.5, 0.6) is 0 Å². The molecule has 1 N–H and O–H groups in total. The number of rotatable bonds is 4. The molecule has 5 nitrogen and oxygen atoms in total. The third-order valence-electron chi connectivity index (χ3n) is 0.760. The van der Waals surface area contributed by atoms with E-state index >= 15 is 0 Å². The molecule has 0 heterocycles. The monoisotopic (exact) mass is 164 g/mol. The summed E-state index contributed by atoms with van der Waals surface area (Å²) in [5.74, 6) is -2.66. The van der Waals surface area contributed by atoms with Crippen LogP contribution in [0.3, 0.4) is 0 Å². The molecule has 0 rings (SSSR count). The van der Waals surface area contributed by atoms with Crippen molar-refractivity contribution < 1.29 is 23.8 Å². The molecule has 6 heteroatoms. The molecule has 0 atom stereocenters. The third kappa shape index (κ3) is 3.97. The average Bonchev–Trinajstić information content (AvgIpc) is 1.82. The van der Waals surface area contributed by atoms with Crippen LogP contribution in [-0.2, 0) is 18.7 Å². The van der Waals surface area contributed by atoms with E-state index in [2.05, 4.69) is 0 Å². The van der Waals surface area contributed by atoms with Gasteiger partial charge in [-0.1, -0.05) is 0 Å². The SMILES string of the molecule is O=C(O)C(=O)CCP(=O)=O. The lowest BCUT2D eigenvalue weighted by molar-refractivity contribution is -0.148. The number of hydrogen-bond acceptors (Lipinski definition) is 4. The fourth-order valence-electron chi connectivity index (χ4n) is 0.300. The minimum absolute atomic E-state index is 0.388. The Hall–Kier alpha value is -0.960. The van der Waals surface area contributed by atoms with Crippen LogP contribution in [0.1, 0.15) is 6.42 Å². The lowest BCUT2D eigenvalue weighted by Crippen LogP contribution is -2.12. The van der Waals surface area contributed by atoms with Gasteiger partial charge < -0.3 is 5.11 Å². The van der Waals surface area contributed by atoms with Gasteiger partial charge in [0.25, 0.3) is 0 Å². The van der Waals surface area contributed by atoms with E-state index in [0.717, 1.165) is 0 Å². The highest BCUT2D eigenvalue weighted by Crippen LogP contribution is 2.04. The molecular weight excluding hydrogens is 159 g/mol. The summed E-state index contributed by atoms with van der Waals surface area (Å²) < 4.78 is 19.6. The standard InChI is InChI=1S/C4H5O5P/c5-3(4(6)7)1-2-10(8)9/h1-2H2,(H,6,7). The summed E-state index contributed by atoms with van der Waals surface area (Å²) in [7, 11) is -2.64. The maximum Gasteiger partial charge on any atom is 0.372 e. The van der Waals surface area contributed by atoms with Gasteiger partial charge >= 0.3 is 13.6 Å². The second kappa shape index (κ2) is 3.95. The van der Waals surface area contributed by atoms with Gasteiger partial charge in [-0.3, -0.25) is 4.79 Å². The van der Waals surface area contributed by atoms with Crippen LogP contribution in [-0.4, -0.2) is 23.0 Å². The van der Waals surface area contributed by atoms with Gasteiger partial charge in [-0.05, 0) is 0 Å². The molecule has 0 aliphatic carbocycles. The molecule has 0 radical (unpaired) electrons. The Bertz CT molecular complexity index is 208. The van der Waals surface area contributed by atoms with Crippen molar-refractivity contribution in [3.8, 4) is 0 Å². The predicted octanol–water partition coefficient (Wildman–Crippen LogP) is 0.203. The van der Waals surface area contributed by atoms with Crippen LogP contribution in [0, 0.1) is 0 Å². The van der Waals surface area contributed by atoms with Crippen LogP contribution in [0.15, 0.2) is 0 Å². The van der Waals surface area contributed by atoms with Crippen LogP contribution >= 0.6 is 7.68 Å². The van der Waals surface area contributed by atoms with Crippen LogP contribution in [0.4, 0.5) is 0 Å². The van der Waals surface area contributed by atoms with Gasteiger partial charge in [0.1, 0.15) is 0 Å². The molecule has 0 saturated heterocycles. The minimum Gasteiger partial charge on any atom is -0.476 e. The Labute approximate surface area is 56.9 Å². The van der Waals surface area contributed by atoms with E-state index in [1.165, 1.54) is 0 Å². The highest BCUT2D eigenvalue weighted by molar-refractivity contribution is 7.30. The zero-order valence-corrected chi connectivity index (χ0v) is 5.84. The highest BCUT2D eigenvalue weighted by atomic mass is 31.1. The molecule has 0 fully saturated rings. The maximum atomic E-state index is 10.2. The van der Waals surface area contributed by atoms with Gasteiger partial charge in [0, 0.05) is 6.42 Å². The number of carbonyl (C=O) groups excluding carboxylic acids is 1. The van der Waals surface area contributed by atoms with Crippen molar-refractivity contribution in [3.05, 3.63) is 0 Å². The maximum absolute atomic E-state index is 10.2. The van der Waals surface area contributed by atoms with Crippen molar-refractivity contribution in [3.63, 3.8) is 0 Å². The molecule has 0 amide bonds. The van der Waals surface area contributed by atoms with Gasteiger partial charge in [-0.25, -0.2) is 13.9 Å². The highest BCUT2D eigenvalue weighted by Gasteiger charge is 2.11. The molecule has 0 saturated carbocycles. The van der Waals surface area contributed by atoms with E-state index in [4.69, 9.17) is 5.11 Å². The normalized spacial score (nSPS) is 8.80. The van der Waals surface area contributed by atoms with Crippen LogP contribution in [0.2, 0.25) is 0 Å². The Balaban J connectivity index is 3.71. The molecule has 0 aromatic heterocycles. The second-order valence-corrected chi connectivity index (χ2v) is 2.65. The van der Waals surface area contributed by atoms with Crippen molar-refractivity contribution in [1.82, 2.24) is 0 Å². The molecule has 0 bridgehead atoms. The van der Waals surface area contributed by atoms with Crippen molar-refractivity contribution in [2.24, 2.45) is 0 Å². The van der Waals surface area contributed by atoms with Gasteiger partial charge in [-0.2, -0.15) is 0 Å². The van der Waals surface area contributed by atoms with Crippen molar-refractivity contribution in [2.45, 2.75) is 6.42 Å². The topological polar surface area (TPSA) is 88.5 Å². The molecule has 0 aromatic rings. The summed E-state index contributed by atoms with van der Waals surface area (Å²) >= 11 is 0. The van der Waals surface area contributed by atoms with E-state index < -0.39 is 25.9 Å². The second-order valence-electron chi connectivity index (χ2n) is 1.53. The number of carboxylic acid groups (broad SMARTS) is 1. The number of carboxylic acids is 1. The zero-order chi connectivity index (χ0) is 8.15. The van der Waals surface area contributed by atoms with Gasteiger partial charge in [-0.15, -0.1) is 0 Å². The van der Waals surface area contributed by atoms with Crippen LogP contribution < -0.4 is 0 Å². The Morgan fingerprint density at radius 3 is 2.10 bits per heavy atom. The minimum atomic E-state index is -2.64. The fourth-order valence-corrected chi connectivity index (χ4v) is 0.685. The Kier molecular flexibility index (Phi) is 3.57. The smallest absolute Gasteiger partial charge is 0.372 e. The van der Waals surface area contributed by atoms with E-state index in [0.29, 0.717) is 0 Å². The number of aliphatic carboxylic acids is 1. The average molecular weight is 164 g/mol. The van der Waals surface area contributed by atoms with Crippen molar-refractivity contribution >= 4 is 19.4 Å². The summed E-state index contributed by atoms with van der Waals surface area (Å²) in [5.41, 5.74) is 0. The summed E-state index contributed by atoms with van der Waals surface area (Å²) in [4.78, 5) is 19.9. The quantitative estimate of drug-likeness (QED) is 0.473. The first-order valence-electron chi connectivity index (χ1n) is 2.42. The first-order chi connectivity index (χ1) is 4.54. The van der Waals surface area contributed by atoms with Crippen LogP contribution in [0.25, 0.3) is 0 Å². The molecular formula is C4H5O5P. The first-order valence-corrected chi connectivity index (χ1v) is 3.78. The van der Waals surface area contributed by atoms with Gasteiger partial charge in [0.05, 0.1) is 6.16 Å². The zero-order valence-electron chi connectivity index (χ0n) is 4.94. The number of hydrogen-bond donors (Lipinski definition) is 1. The summed E-state index contributed by atoms with van der Waals surface area (Å²) in [5, 5.41) is 7.95. The van der Waals surface area contributed by atoms with E-state index in [9.17, 15) is 18.7 Å². The summed E-state index contributed by atoms with van der Waals surface area (Å²) in [6.07, 6.45) is -0.825. The van der Waals surface area contributed by atoms with Gasteiger partial charge in [0.15, 0.2) is 0 Å². The number of ketones is 1. The molecule has 0 aliphatic heterocycles. The number of Topliss-reactive ketones (excluding diaryl/α,β-unsaturated/α-hetero) is 1. The number of carbonyl (C=O) groups is 2. The van der Waals surface area contributed by atoms with E-state index in [1.54, 1.807) is 0 Å². The summed E-state index contributed by atoms with van der Waals surface area (Å²) in [6, 6.07) is 0. The molecule has 0 spiro atoms. The Morgan fingerprint density at radius 1 is 1.30 bits per heavy atom.